The number of benzene rings is 1. The van der Waals surface area contributed by atoms with Crippen molar-refractivity contribution in [3.63, 3.8) is 0 Å². The number of hydrogen-bond donors (Lipinski definition) is 0. The molecule has 4 rings (SSSR count). The lowest BCUT2D eigenvalue weighted by Crippen LogP contribution is -2.26. The molecule has 122 valence electrons. The normalized spacial score (nSPS) is 15.1. The van der Waals surface area contributed by atoms with E-state index >= 15 is 0 Å². The average Bonchev–Trinajstić information content (AvgIpc) is 2.93. The number of nitrogens with zero attached hydrogens (tertiary/aromatic N) is 3. The second kappa shape index (κ2) is 6.13. The lowest BCUT2D eigenvalue weighted by molar-refractivity contribution is 0.312. The molecule has 1 aliphatic heterocycles. The minimum absolute atomic E-state index is 0.907. The first-order chi connectivity index (χ1) is 11.8. The Bertz CT molecular complexity index is 896. The van der Waals surface area contributed by atoms with E-state index in [0.717, 1.165) is 31.0 Å². The van der Waals surface area contributed by atoms with E-state index in [1.54, 1.807) is 7.11 Å². The molecule has 3 heterocycles. The average molecular weight is 319 g/mol. The van der Waals surface area contributed by atoms with Crippen LogP contribution in [0.4, 0.5) is 0 Å². The molecule has 0 radical (unpaired) electrons. The van der Waals surface area contributed by atoms with E-state index in [1.165, 1.54) is 22.2 Å². The first-order valence-electron chi connectivity index (χ1n) is 8.24. The number of aromatic nitrogens is 2. The van der Waals surface area contributed by atoms with Gasteiger partial charge in [-0.25, -0.2) is 0 Å². The highest BCUT2D eigenvalue weighted by atomic mass is 16.5. The minimum Gasteiger partial charge on any atom is -0.497 e. The summed E-state index contributed by atoms with van der Waals surface area (Å²) in [6, 6.07) is 12.3. The summed E-state index contributed by atoms with van der Waals surface area (Å²) in [5.41, 5.74) is 4.99. The zero-order chi connectivity index (χ0) is 16.5. The second-order valence-corrected chi connectivity index (χ2v) is 6.24. The van der Waals surface area contributed by atoms with E-state index in [4.69, 9.17) is 4.74 Å². The van der Waals surface area contributed by atoms with Crippen LogP contribution in [0, 0.1) is 0 Å². The van der Waals surface area contributed by atoms with Crippen LogP contribution in [0.25, 0.3) is 23.2 Å². The predicted molar refractivity (Wildman–Crippen MR) is 98.0 cm³/mol. The lowest BCUT2D eigenvalue weighted by Gasteiger charge is -2.23. The van der Waals surface area contributed by atoms with Crippen LogP contribution in [-0.4, -0.2) is 35.2 Å². The quantitative estimate of drug-likeness (QED) is 0.738. The summed E-state index contributed by atoms with van der Waals surface area (Å²) >= 11 is 0. The molecule has 0 spiro atoms. The van der Waals surface area contributed by atoms with Crippen molar-refractivity contribution in [2.45, 2.75) is 13.0 Å². The predicted octanol–water partition coefficient (Wildman–Crippen LogP) is 3.66. The molecule has 2 aromatic heterocycles. The summed E-state index contributed by atoms with van der Waals surface area (Å²) in [6.45, 7) is 2.06. The van der Waals surface area contributed by atoms with Gasteiger partial charge in [-0.15, -0.1) is 0 Å². The summed E-state index contributed by atoms with van der Waals surface area (Å²) in [7, 11) is 3.90. The maximum atomic E-state index is 5.43. The van der Waals surface area contributed by atoms with Gasteiger partial charge in [0.05, 0.1) is 18.3 Å². The lowest BCUT2D eigenvalue weighted by atomic mass is 10.0. The second-order valence-electron chi connectivity index (χ2n) is 6.24. The monoisotopic (exact) mass is 319 g/mol. The maximum absolute atomic E-state index is 5.43. The summed E-state index contributed by atoms with van der Waals surface area (Å²) in [5.74, 6) is 0.907. The van der Waals surface area contributed by atoms with Gasteiger partial charge in [-0.3, -0.25) is 4.98 Å². The van der Waals surface area contributed by atoms with E-state index in [0.29, 0.717) is 0 Å². The molecule has 4 nitrogen and oxygen atoms in total. The number of methoxy groups -OCH3 is 1. The van der Waals surface area contributed by atoms with Gasteiger partial charge in [0.2, 0.25) is 0 Å². The Balaban J connectivity index is 1.87. The Morgan fingerprint density at radius 1 is 1.21 bits per heavy atom. The van der Waals surface area contributed by atoms with Crippen molar-refractivity contribution in [1.82, 2.24) is 14.5 Å². The number of pyridine rings is 1. The van der Waals surface area contributed by atoms with Gasteiger partial charge < -0.3 is 14.2 Å². The number of likely N-dealkylation sites (N-methyl/N-ethyl adjacent to an activating group) is 1. The van der Waals surface area contributed by atoms with Crippen molar-refractivity contribution in [2.24, 2.45) is 0 Å². The molecule has 3 aromatic rings. The molecular weight excluding hydrogens is 298 g/mol. The maximum Gasteiger partial charge on any atom is 0.119 e. The third-order valence-electron chi connectivity index (χ3n) is 4.67. The summed E-state index contributed by atoms with van der Waals surface area (Å²) in [4.78, 5) is 6.75. The zero-order valence-corrected chi connectivity index (χ0v) is 14.1. The molecule has 0 bridgehead atoms. The molecule has 0 atom stereocenters. The zero-order valence-electron chi connectivity index (χ0n) is 14.1. The van der Waals surface area contributed by atoms with Gasteiger partial charge in [-0.05, 0) is 49.0 Å². The van der Waals surface area contributed by atoms with Gasteiger partial charge in [0.25, 0.3) is 0 Å². The van der Waals surface area contributed by atoms with Gasteiger partial charge >= 0.3 is 0 Å². The third-order valence-corrected chi connectivity index (χ3v) is 4.67. The summed E-state index contributed by atoms with van der Waals surface area (Å²) in [5, 5.41) is 1.28. The smallest absolute Gasteiger partial charge is 0.119 e. The van der Waals surface area contributed by atoms with Crippen molar-refractivity contribution in [2.75, 3.05) is 20.7 Å². The summed E-state index contributed by atoms with van der Waals surface area (Å²) < 4.78 is 7.74. The van der Waals surface area contributed by atoms with Crippen molar-refractivity contribution in [3.05, 3.63) is 59.5 Å². The van der Waals surface area contributed by atoms with Crippen molar-refractivity contribution >= 4 is 23.2 Å². The van der Waals surface area contributed by atoms with Crippen molar-refractivity contribution in [1.29, 1.82) is 0 Å². The Morgan fingerprint density at radius 3 is 2.92 bits per heavy atom. The Kier molecular flexibility index (Phi) is 3.82. The van der Waals surface area contributed by atoms with Gasteiger partial charge in [0.1, 0.15) is 5.75 Å². The molecule has 24 heavy (non-hydrogen) atoms. The van der Waals surface area contributed by atoms with Crippen LogP contribution in [-0.2, 0) is 13.0 Å². The highest BCUT2D eigenvalue weighted by Gasteiger charge is 2.21. The van der Waals surface area contributed by atoms with E-state index < -0.39 is 0 Å². The van der Waals surface area contributed by atoms with E-state index in [1.807, 2.05) is 30.5 Å². The summed E-state index contributed by atoms with van der Waals surface area (Å²) in [6.07, 6.45) is 7.09. The van der Waals surface area contributed by atoms with Gasteiger partial charge in [-0.2, -0.15) is 0 Å². The largest absolute Gasteiger partial charge is 0.497 e. The van der Waals surface area contributed by atoms with E-state index in [2.05, 4.69) is 45.9 Å². The molecule has 0 amide bonds. The van der Waals surface area contributed by atoms with Crippen LogP contribution >= 0.6 is 0 Å². The van der Waals surface area contributed by atoms with Crippen LogP contribution in [0.3, 0.4) is 0 Å². The molecule has 0 unspecified atom stereocenters. The Labute approximate surface area is 142 Å². The first kappa shape index (κ1) is 15.0. The van der Waals surface area contributed by atoms with E-state index in [-0.39, 0.29) is 0 Å². The Morgan fingerprint density at radius 2 is 2.12 bits per heavy atom. The fourth-order valence-electron chi connectivity index (χ4n) is 3.43. The van der Waals surface area contributed by atoms with Crippen molar-refractivity contribution in [3.8, 4) is 5.75 Å². The first-order valence-corrected chi connectivity index (χ1v) is 8.24. The number of fused-ring (bicyclic) bond motifs is 3. The number of rotatable bonds is 3. The Hall–Kier alpha value is -2.59. The molecule has 0 fully saturated rings. The highest BCUT2D eigenvalue weighted by molar-refractivity contribution is 5.89. The fourth-order valence-corrected chi connectivity index (χ4v) is 3.43. The number of hydrogen-bond acceptors (Lipinski definition) is 3. The molecule has 0 N–H and O–H groups in total. The highest BCUT2D eigenvalue weighted by Crippen LogP contribution is 2.33. The molecule has 4 heteroatoms. The molecule has 1 aliphatic rings. The number of ether oxygens (including phenoxy) is 1. The van der Waals surface area contributed by atoms with Gasteiger partial charge in [-0.1, -0.05) is 6.07 Å². The van der Waals surface area contributed by atoms with Gasteiger partial charge in [0, 0.05) is 43.0 Å². The standard InChI is InChI=1S/C20H21N3O/c1-22-11-9-20-18(14-22)17-13-16(24-2)6-7-19(17)23(20)12-8-15-5-3-4-10-21-15/h3-8,10,12-13H,9,11,14H2,1-2H3/b12-8+. The van der Waals surface area contributed by atoms with Crippen LogP contribution < -0.4 is 4.74 Å². The molecule has 0 saturated carbocycles. The van der Waals surface area contributed by atoms with Gasteiger partial charge in [0.15, 0.2) is 0 Å². The minimum atomic E-state index is 0.907. The molecular formula is C20H21N3O. The van der Waals surface area contributed by atoms with Crippen LogP contribution in [0.1, 0.15) is 17.0 Å². The molecule has 1 aromatic carbocycles. The topological polar surface area (TPSA) is 30.3 Å². The molecule has 0 aliphatic carbocycles. The van der Waals surface area contributed by atoms with Crippen LogP contribution in [0.15, 0.2) is 42.6 Å². The van der Waals surface area contributed by atoms with Crippen LogP contribution in [0.2, 0.25) is 0 Å². The van der Waals surface area contributed by atoms with E-state index in [9.17, 15) is 0 Å². The van der Waals surface area contributed by atoms with Crippen LogP contribution in [0.5, 0.6) is 5.75 Å². The SMILES string of the molecule is COc1ccc2c(c1)c1c(n2/C=C/c2ccccn2)CCN(C)C1. The van der Waals surface area contributed by atoms with Crippen molar-refractivity contribution < 1.29 is 4.74 Å². The molecule has 0 saturated heterocycles. The third kappa shape index (κ3) is 2.59. The fraction of sp³-hybridized carbons (Fsp3) is 0.250.